The number of carbonyl (C=O) groups excluding carboxylic acids is 1. The molecule has 1 fully saturated rings. The molecule has 0 spiro atoms. The molecule has 1 saturated carbocycles. The topological polar surface area (TPSA) is 82.1 Å². The van der Waals surface area contributed by atoms with Gasteiger partial charge in [-0.05, 0) is 73.0 Å². The van der Waals surface area contributed by atoms with E-state index in [1.165, 1.54) is 62.8 Å². The molecule has 1 aliphatic rings. The largest absolute Gasteiger partial charge is 0.497 e. The summed E-state index contributed by atoms with van der Waals surface area (Å²) in [5, 5.41) is 0. The molecule has 0 radical (unpaired) electrons. The van der Waals surface area contributed by atoms with E-state index in [1.54, 1.807) is 23.1 Å². The van der Waals surface area contributed by atoms with Gasteiger partial charge >= 0.3 is 10.1 Å². The number of hydrogen-bond acceptors (Lipinski definition) is 6. The number of ether oxygens (including phenoxy) is 2. The van der Waals surface area contributed by atoms with Crippen LogP contribution in [0.5, 0.6) is 17.2 Å². The normalized spacial score (nSPS) is 13.3. The molecule has 0 unspecified atom stereocenters. The Morgan fingerprint density at radius 2 is 1.71 bits per heavy atom. The summed E-state index contributed by atoms with van der Waals surface area (Å²) in [4.78, 5) is 14.7. The van der Waals surface area contributed by atoms with Crippen molar-refractivity contribution in [3.8, 4) is 17.2 Å². The van der Waals surface area contributed by atoms with E-state index in [2.05, 4.69) is 0 Å². The van der Waals surface area contributed by atoms with Crippen molar-refractivity contribution >= 4 is 16.0 Å². The van der Waals surface area contributed by atoms with Gasteiger partial charge in [0.25, 0.3) is 5.91 Å². The van der Waals surface area contributed by atoms with Crippen LogP contribution in [0.3, 0.4) is 0 Å². The minimum absolute atomic E-state index is 0.00442. The maximum absolute atomic E-state index is 13.6. The number of methoxy groups -OCH3 is 2. The van der Waals surface area contributed by atoms with Crippen molar-refractivity contribution in [1.29, 1.82) is 0 Å². The van der Waals surface area contributed by atoms with Crippen molar-refractivity contribution in [1.82, 2.24) is 4.90 Å². The first kappa shape index (κ1) is 23.6. The lowest BCUT2D eigenvalue weighted by molar-refractivity contribution is 0.0729. The predicted octanol–water partition coefficient (Wildman–Crippen LogP) is 4.42. The van der Waals surface area contributed by atoms with E-state index in [4.69, 9.17) is 13.7 Å². The maximum atomic E-state index is 13.6. The highest BCUT2D eigenvalue weighted by Gasteiger charge is 2.33. The molecular weight excluding hydrogens is 461 g/mol. The second-order valence-corrected chi connectivity index (χ2v) is 9.42. The zero-order valence-electron chi connectivity index (χ0n) is 18.7. The summed E-state index contributed by atoms with van der Waals surface area (Å²) >= 11 is 0. The highest BCUT2D eigenvalue weighted by atomic mass is 32.2. The summed E-state index contributed by atoms with van der Waals surface area (Å²) in [6.07, 6.45) is 1.71. The first-order chi connectivity index (χ1) is 16.3. The quantitative estimate of drug-likeness (QED) is 0.418. The third kappa shape index (κ3) is 5.31. The van der Waals surface area contributed by atoms with Crippen LogP contribution in [0.15, 0.2) is 71.6 Å². The fourth-order valence-corrected chi connectivity index (χ4v) is 4.46. The van der Waals surface area contributed by atoms with Crippen LogP contribution in [0.25, 0.3) is 0 Å². The van der Waals surface area contributed by atoms with Gasteiger partial charge in [-0.15, -0.1) is 0 Å². The lowest BCUT2D eigenvalue weighted by atomic mass is 10.1. The van der Waals surface area contributed by atoms with Crippen molar-refractivity contribution in [2.75, 3.05) is 14.2 Å². The van der Waals surface area contributed by atoms with E-state index in [9.17, 15) is 17.6 Å². The third-order valence-corrected chi connectivity index (χ3v) is 6.70. The molecule has 34 heavy (non-hydrogen) atoms. The Balaban J connectivity index is 1.59. The highest BCUT2D eigenvalue weighted by Crippen LogP contribution is 2.34. The van der Waals surface area contributed by atoms with E-state index in [1.807, 2.05) is 0 Å². The van der Waals surface area contributed by atoms with E-state index in [0.29, 0.717) is 11.3 Å². The monoisotopic (exact) mass is 485 g/mol. The second-order valence-electron chi connectivity index (χ2n) is 7.87. The third-order valence-electron chi connectivity index (χ3n) is 5.45. The molecule has 0 aliphatic heterocycles. The van der Waals surface area contributed by atoms with Gasteiger partial charge in [0.05, 0.1) is 14.2 Å². The Bertz CT molecular complexity index is 1290. The Hall–Kier alpha value is -3.59. The zero-order valence-corrected chi connectivity index (χ0v) is 19.5. The van der Waals surface area contributed by atoms with Gasteiger partial charge in [-0.25, -0.2) is 4.39 Å². The van der Waals surface area contributed by atoms with Gasteiger partial charge in [-0.1, -0.05) is 12.1 Å². The van der Waals surface area contributed by atoms with Crippen LogP contribution in [-0.2, 0) is 16.7 Å². The molecule has 3 aromatic rings. The predicted molar refractivity (Wildman–Crippen MR) is 123 cm³/mol. The van der Waals surface area contributed by atoms with E-state index >= 15 is 0 Å². The number of nitrogens with zero attached hydrogens (tertiary/aromatic N) is 1. The fourth-order valence-electron chi connectivity index (χ4n) is 3.53. The molecule has 0 atom stereocenters. The zero-order chi connectivity index (χ0) is 24.3. The van der Waals surface area contributed by atoms with Crippen molar-refractivity contribution in [2.45, 2.75) is 30.3 Å². The van der Waals surface area contributed by atoms with Crippen molar-refractivity contribution < 1.29 is 31.3 Å². The van der Waals surface area contributed by atoms with Crippen molar-refractivity contribution in [3.63, 3.8) is 0 Å². The molecule has 1 aliphatic carbocycles. The van der Waals surface area contributed by atoms with Crippen LogP contribution < -0.4 is 13.7 Å². The Labute approximate surface area is 197 Å². The van der Waals surface area contributed by atoms with Gasteiger partial charge in [0, 0.05) is 18.2 Å². The Kier molecular flexibility index (Phi) is 6.74. The Morgan fingerprint density at radius 1 is 0.971 bits per heavy atom. The van der Waals surface area contributed by atoms with Gasteiger partial charge in [0.15, 0.2) is 11.5 Å². The van der Waals surface area contributed by atoms with Crippen molar-refractivity contribution in [3.05, 3.63) is 83.7 Å². The molecule has 0 heterocycles. The van der Waals surface area contributed by atoms with Crippen LogP contribution >= 0.6 is 0 Å². The van der Waals surface area contributed by atoms with Gasteiger partial charge in [0.1, 0.15) is 16.5 Å². The van der Waals surface area contributed by atoms with Crippen LogP contribution in [0, 0.1) is 5.82 Å². The average molecular weight is 486 g/mol. The van der Waals surface area contributed by atoms with Crippen molar-refractivity contribution in [2.24, 2.45) is 0 Å². The minimum Gasteiger partial charge on any atom is -0.497 e. The molecular formula is C25H24FNO6S. The molecule has 9 heteroatoms. The molecule has 0 bridgehead atoms. The number of amides is 1. The molecule has 4 rings (SSSR count). The molecule has 178 valence electrons. The number of benzene rings is 3. The SMILES string of the molecule is COc1ccc(S(=O)(=O)Oc2cc(CN(C(=O)c3cccc(F)c3)C3CC3)ccc2OC)cc1. The summed E-state index contributed by atoms with van der Waals surface area (Å²) in [6.45, 7) is 0.211. The number of carbonyl (C=O) groups is 1. The molecule has 1 amide bonds. The number of hydrogen-bond donors (Lipinski definition) is 0. The summed E-state index contributed by atoms with van der Waals surface area (Å²) in [7, 11) is -1.25. The van der Waals surface area contributed by atoms with Gasteiger partial charge < -0.3 is 18.6 Å². The molecule has 0 N–H and O–H groups in total. The van der Waals surface area contributed by atoms with Crippen LogP contribution in [0.1, 0.15) is 28.8 Å². The number of halogens is 1. The van der Waals surface area contributed by atoms with E-state index < -0.39 is 15.9 Å². The second kappa shape index (κ2) is 9.72. The smallest absolute Gasteiger partial charge is 0.339 e. The first-order valence-electron chi connectivity index (χ1n) is 10.6. The van der Waals surface area contributed by atoms with Gasteiger partial charge in [0.2, 0.25) is 0 Å². The molecule has 3 aromatic carbocycles. The van der Waals surface area contributed by atoms with E-state index in [0.717, 1.165) is 12.8 Å². The summed E-state index contributed by atoms with van der Waals surface area (Å²) < 4.78 is 55.0. The Morgan fingerprint density at radius 3 is 2.32 bits per heavy atom. The van der Waals surface area contributed by atoms with Gasteiger partial charge in [-0.3, -0.25) is 4.79 Å². The summed E-state index contributed by atoms with van der Waals surface area (Å²) in [5.74, 6) is -0.0155. The lowest BCUT2D eigenvalue weighted by Crippen LogP contribution is -2.32. The molecule has 7 nitrogen and oxygen atoms in total. The maximum Gasteiger partial charge on any atom is 0.339 e. The van der Waals surface area contributed by atoms with Gasteiger partial charge in [-0.2, -0.15) is 8.42 Å². The van der Waals surface area contributed by atoms with E-state index in [-0.39, 0.29) is 40.5 Å². The molecule has 0 saturated heterocycles. The molecule has 0 aromatic heterocycles. The first-order valence-corrected chi connectivity index (χ1v) is 12.0. The highest BCUT2D eigenvalue weighted by molar-refractivity contribution is 7.87. The average Bonchev–Trinajstić information content (AvgIpc) is 3.67. The lowest BCUT2D eigenvalue weighted by Gasteiger charge is -2.23. The van der Waals surface area contributed by atoms with Crippen LogP contribution in [0.4, 0.5) is 4.39 Å². The summed E-state index contributed by atoms with van der Waals surface area (Å²) in [5.41, 5.74) is 0.913. The number of rotatable bonds is 9. The minimum atomic E-state index is -4.14. The standard InChI is InChI=1S/C25H24FNO6S/c1-31-21-9-11-22(12-10-21)34(29,30)33-24-14-17(6-13-23(24)32-2)16-27(20-7-8-20)25(28)18-4-3-5-19(26)15-18/h3-6,9-15,20H,7-8,16H2,1-2H3. The van der Waals surface area contributed by atoms with Crippen LogP contribution in [-0.4, -0.2) is 39.5 Å². The fraction of sp³-hybridized carbons (Fsp3) is 0.240. The summed E-state index contributed by atoms with van der Waals surface area (Å²) in [6, 6.07) is 16.3. The van der Waals surface area contributed by atoms with Crippen LogP contribution in [0.2, 0.25) is 0 Å².